The van der Waals surface area contributed by atoms with E-state index in [1.54, 1.807) is 6.92 Å². The molecule has 0 aliphatic rings. The van der Waals surface area contributed by atoms with Crippen molar-refractivity contribution in [2.75, 3.05) is 18.7 Å². The van der Waals surface area contributed by atoms with Crippen LogP contribution in [0.2, 0.25) is 0 Å². The van der Waals surface area contributed by atoms with E-state index in [4.69, 9.17) is 9.15 Å². The molecule has 0 spiro atoms. The molecule has 0 aliphatic carbocycles. The summed E-state index contributed by atoms with van der Waals surface area (Å²) in [6, 6.07) is 0. The first-order valence-corrected chi connectivity index (χ1v) is 9.71. The molecule has 2 rings (SSSR count). The lowest BCUT2D eigenvalue weighted by atomic mass is 10.2. The maximum Gasteiger partial charge on any atom is 0.313 e. The summed E-state index contributed by atoms with van der Waals surface area (Å²) in [5, 5.41) is 9.90. The Balaban J connectivity index is 2.28. The number of carbonyl (C=O) groups excluding carboxylic acids is 1. The molecule has 0 fully saturated rings. The highest BCUT2D eigenvalue weighted by molar-refractivity contribution is 9.10. The zero-order valence-corrected chi connectivity index (χ0v) is 16.6. The molecule has 0 aliphatic heterocycles. The van der Waals surface area contributed by atoms with Crippen molar-refractivity contribution in [3.8, 4) is 5.88 Å². The van der Waals surface area contributed by atoms with Crippen LogP contribution in [0, 0.1) is 6.92 Å². The van der Waals surface area contributed by atoms with Crippen LogP contribution in [0.3, 0.4) is 0 Å². The first kappa shape index (κ1) is 19.3. The van der Waals surface area contributed by atoms with Gasteiger partial charge in [0.1, 0.15) is 4.75 Å². The third-order valence-electron chi connectivity index (χ3n) is 3.73. The Morgan fingerprint density at radius 3 is 2.56 bits per heavy atom. The molecule has 136 valence electrons. The second-order valence-electron chi connectivity index (χ2n) is 5.77. The topological polar surface area (TPSA) is 124 Å². The summed E-state index contributed by atoms with van der Waals surface area (Å²) in [6.45, 7) is 4.61. The Morgan fingerprint density at radius 2 is 2.00 bits per heavy atom. The molecule has 9 nitrogen and oxygen atoms in total. The van der Waals surface area contributed by atoms with Crippen molar-refractivity contribution in [2.45, 2.75) is 25.5 Å². The average Bonchev–Trinajstić information content (AvgIpc) is 3.01. The third-order valence-corrected chi connectivity index (χ3v) is 6.70. The molecule has 0 saturated carbocycles. The lowest BCUT2D eigenvalue weighted by Crippen LogP contribution is -2.28. The summed E-state index contributed by atoms with van der Waals surface area (Å²) in [5.74, 6) is -0.806. The molecule has 0 aromatic carbocycles. The Labute approximate surface area is 153 Å². The van der Waals surface area contributed by atoms with Crippen molar-refractivity contribution in [1.82, 2.24) is 15.2 Å². The van der Waals surface area contributed by atoms with Gasteiger partial charge in [-0.3, -0.25) is 4.79 Å². The van der Waals surface area contributed by atoms with E-state index >= 15 is 0 Å². The van der Waals surface area contributed by atoms with Gasteiger partial charge in [0.25, 0.3) is 0 Å². The molecule has 0 unspecified atom stereocenters. The first-order valence-electron chi connectivity index (χ1n) is 7.03. The molecule has 0 bridgehead atoms. The van der Waals surface area contributed by atoms with Crippen molar-refractivity contribution in [1.29, 1.82) is 0 Å². The second kappa shape index (κ2) is 6.71. The van der Waals surface area contributed by atoms with Crippen molar-refractivity contribution in [3.63, 3.8) is 0 Å². The number of rotatable bonds is 5. The van der Waals surface area contributed by atoms with E-state index in [0.717, 1.165) is 6.26 Å². The zero-order valence-electron chi connectivity index (χ0n) is 14.2. The van der Waals surface area contributed by atoms with Crippen LogP contribution in [0.4, 0.5) is 5.69 Å². The minimum absolute atomic E-state index is 0.161. The fraction of sp³-hybridized carbons (Fsp3) is 0.429. The van der Waals surface area contributed by atoms with Crippen LogP contribution >= 0.6 is 15.9 Å². The van der Waals surface area contributed by atoms with Crippen LogP contribution in [-0.2, 0) is 14.6 Å². The molecule has 1 amide bonds. The molecular formula is C14H17BrN4O5S. The highest BCUT2D eigenvalue weighted by atomic mass is 79.9. The van der Waals surface area contributed by atoms with Gasteiger partial charge in [0.05, 0.1) is 23.5 Å². The highest BCUT2D eigenvalue weighted by Gasteiger charge is 2.38. The molecule has 0 atom stereocenters. The normalized spacial score (nSPS) is 12.1. The van der Waals surface area contributed by atoms with Crippen molar-refractivity contribution < 1.29 is 22.4 Å². The van der Waals surface area contributed by atoms with Crippen molar-refractivity contribution in [2.24, 2.45) is 0 Å². The number of halogens is 1. The van der Waals surface area contributed by atoms with E-state index in [1.807, 2.05) is 0 Å². The van der Waals surface area contributed by atoms with Gasteiger partial charge in [0, 0.05) is 6.26 Å². The summed E-state index contributed by atoms with van der Waals surface area (Å²) in [7, 11) is -2.02. The number of anilines is 1. The van der Waals surface area contributed by atoms with Gasteiger partial charge in [-0.15, -0.1) is 10.2 Å². The fourth-order valence-corrected chi connectivity index (χ4v) is 2.59. The lowest BCUT2D eigenvalue weighted by molar-refractivity contribution is 0.0987. The summed E-state index contributed by atoms with van der Waals surface area (Å²) in [4.78, 5) is 16.3. The number of nitrogens with one attached hydrogen (secondary N) is 1. The Bertz CT molecular complexity index is 923. The fourth-order valence-electron chi connectivity index (χ4n) is 1.72. The second-order valence-corrected chi connectivity index (χ2v) is 9.13. The molecule has 0 radical (unpaired) electrons. The van der Waals surface area contributed by atoms with Gasteiger partial charge >= 0.3 is 11.8 Å². The number of carbonyl (C=O) groups is 1. The maximum absolute atomic E-state index is 12.3. The molecule has 11 heteroatoms. The predicted octanol–water partition coefficient (Wildman–Crippen LogP) is 2.08. The number of sulfone groups is 1. The van der Waals surface area contributed by atoms with Gasteiger partial charge in [-0.2, -0.15) is 0 Å². The number of hydrogen-bond donors (Lipinski definition) is 1. The van der Waals surface area contributed by atoms with Gasteiger partial charge < -0.3 is 14.5 Å². The van der Waals surface area contributed by atoms with Crippen LogP contribution in [0.25, 0.3) is 0 Å². The molecular weight excluding hydrogens is 416 g/mol. The number of ether oxygens (including phenoxy) is 1. The molecule has 2 aromatic heterocycles. The van der Waals surface area contributed by atoms with Crippen LogP contribution in [0.15, 0.2) is 15.1 Å². The van der Waals surface area contributed by atoms with E-state index in [1.165, 1.54) is 27.2 Å². The summed E-state index contributed by atoms with van der Waals surface area (Å²) in [6.07, 6.45) is 2.48. The van der Waals surface area contributed by atoms with Gasteiger partial charge in [-0.05, 0) is 42.3 Å². The highest BCUT2D eigenvalue weighted by Crippen LogP contribution is 2.31. The molecule has 25 heavy (non-hydrogen) atoms. The quantitative estimate of drug-likeness (QED) is 0.760. The largest absolute Gasteiger partial charge is 0.480 e. The van der Waals surface area contributed by atoms with Crippen molar-refractivity contribution >= 4 is 37.4 Å². The molecule has 0 saturated heterocycles. The van der Waals surface area contributed by atoms with E-state index < -0.39 is 20.5 Å². The van der Waals surface area contributed by atoms with Gasteiger partial charge in [-0.25, -0.2) is 13.4 Å². The van der Waals surface area contributed by atoms with Gasteiger partial charge in [0.2, 0.25) is 11.8 Å². The van der Waals surface area contributed by atoms with Crippen LogP contribution in [-0.4, -0.2) is 42.9 Å². The number of amides is 1. The SMILES string of the molecule is COc1ncc(NC(=O)c2nnc(C(C)(C)S(C)(=O)=O)o2)c(C)c1Br. The van der Waals surface area contributed by atoms with Crippen LogP contribution in [0.1, 0.15) is 36.0 Å². The number of methoxy groups -OCH3 is 1. The van der Waals surface area contributed by atoms with Gasteiger partial charge in [-0.1, -0.05) is 0 Å². The summed E-state index contributed by atoms with van der Waals surface area (Å²) >= 11 is 3.33. The van der Waals surface area contributed by atoms with E-state index in [2.05, 4.69) is 36.4 Å². The Kier molecular flexibility index (Phi) is 5.19. The van der Waals surface area contributed by atoms with Crippen molar-refractivity contribution in [3.05, 3.63) is 28.0 Å². The maximum atomic E-state index is 12.3. The predicted molar refractivity (Wildman–Crippen MR) is 93.3 cm³/mol. The van der Waals surface area contributed by atoms with Gasteiger partial charge in [0.15, 0.2) is 9.84 Å². The number of aromatic nitrogens is 3. The molecule has 2 heterocycles. The summed E-state index contributed by atoms with van der Waals surface area (Å²) in [5.41, 5.74) is 1.11. The minimum atomic E-state index is -3.50. The zero-order chi connectivity index (χ0) is 19.0. The number of pyridine rings is 1. The first-order chi connectivity index (χ1) is 11.5. The third kappa shape index (κ3) is 3.66. The number of hydrogen-bond acceptors (Lipinski definition) is 8. The minimum Gasteiger partial charge on any atom is -0.480 e. The Morgan fingerprint density at radius 1 is 1.36 bits per heavy atom. The lowest BCUT2D eigenvalue weighted by Gasteiger charge is -2.16. The smallest absolute Gasteiger partial charge is 0.313 e. The molecule has 2 aromatic rings. The standard InChI is InChI=1S/C14H17BrN4O5S/c1-7-8(6-16-11(23-4)9(7)15)17-10(20)12-18-19-13(24-12)14(2,3)25(5,21)22/h6H,1-5H3,(H,17,20). The number of nitrogens with zero attached hydrogens (tertiary/aromatic N) is 3. The van der Waals surface area contributed by atoms with E-state index in [-0.39, 0.29) is 11.8 Å². The Hall–Kier alpha value is -2.01. The molecule has 1 N–H and O–H groups in total. The van der Waals surface area contributed by atoms with Crippen LogP contribution < -0.4 is 10.1 Å². The monoisotopic (exact) mass is 432 g/mol. The van der Waals surface area contributed by atoms with E-state index in [0.29, 0.717) is 21.6 Å². The van der Waals surface area contributed by atoms with Crippen LogP contribution in [0.5, 0.6) is 5.88 Å². The average molecular weight is 433 g/mol. The summed E-state index contributed by atoms with van der Waals surface area (Å²) < 4.78 is 33.1. The van der Waals surface area contributed by atoms with E-state index in [9.17, 15) is 13.2 Å².